The predicted molar refractivity (Wildman–Crippen MR) is 73.5 cm³/mol. The molecule has 0 atom stereocenters. The predicted octanol–water partition coefficient (Wildman–Crippen LogP) is 1.65. The van der Waals surface area contributed by atoms with Crippen LogP contribution in [-0.2, 0) is 0 Å². The summed E-state index contributed by atoms with van der Waals surface area (Å²) in [7, 11) is 0. The number of alkyl halides is 3. The summed E-state index contributed by atoms with van der Waals surface area (Å²) in [5.74, 6) is 3.29. The van der Waals surface area contributed by atoms with Crippen molar-refractivity contribution >= 4 is 17.3 Å². The molecule has 0 saturated carbocycles. The molecule has 116 valence electrons. The Labute approximate surface area is 120 Å². The highest BCUT2D eigenvalue weighted by molar-refractivity contribution is 5.99. The van der Waals surface area contributed by atoms with E-state index in [0.29, 0.717) is 5.69 Å². The zero-order chi connectivity index (χ0) is 15.6. The number of rotatable bonds is 2. The van der Waals surface area contributed by atoms with E-state index in [-0.39, 0.29) is 37.2 Å². The van der Waals surface area contributed by atoms with Gasteiger partial charge in [-0.25, -0.2) is 5.84 Å². The second-order valence-corrected chi connectivity index (χ2v) is 5.05. The Morgan fingerprint density at radius 2 is 1.90 bits per heavy atom. The van der Waals surface area contributed by atoms with E-state index in [9.17, 15) is 18.0 Å². The lowest BCUT2D eigenvalue weighted by molar-refractivity contribution is -0.179. The zero-order valence-corrected chi connectivity index (χ0v) is 11.3. The monoisotopic (exact) mass is 302 g/mol. The maximum Gasteiger partial charge on any atom is 0.391 e. The van der Waals surface area contributed by atoms with Crippen LogP contribution in [0.25, 0.3) is 0 Å². The summed E-state index contributed by atoms with van der Waals surface area (Å²) >= 11 is 0. The van der Waals surface area contributed by atoms with Crippen LogP contribution in [0.1, 0.15) is 23.2 Å². The third kappa shape index (κ3) is 3.38. The third-order valence-electron chi connectivity index (χ3n) is 3.74. The number of hydrogen-bond acceptors (Lipinski definition) is 4. The summed E-state index contributed by atoms with van der Waals surface area (Å²) < 4.78 is 37.9. The Morgan fingerprint density at radius 3 is 2.43 bits per heavy atom. The summed E-state index contributed by atoms with van der Waals surface area (Å²) in [6.07, 6.45) is -4.05. The maximum atomic E-state index is 12.6. The van der Waals surface area contributed by atoms with E-state index < -0.39 is 18.0 Å². The van der Waals surface area contributed by atoms with Gasteiger partial charge in [0.25, 0.3) is 5.91 Å². The van der Waals surface area contributed by atoms with Crippen molar-refractivity contribution in [3.8, 4) is 0 Å². The molecule has 1 aromatic rings. The van der Waals surface area contributed by atoms with E-state index in [1.807, 2.05) is 10.3 Å². The topological polar surface area (TPSA) is 84.4 Å². The van der Waals surface area contributed by atoms with Crippen LogP contribution in [0.15, 0.2) is 18.2 Å². The summed E-state index contributed by atoms with van der Waals surface area (Å²) in [5, 5.41) is 0. The van der Waals surface area contributed by atoms with Crippen molar-refractivity contribution in [3.63, 3.8) is 0 Å². The minimum atomic E-state index is -4.14. The molecule has 21 heavy (non-hydrogen) atoms. The van der Waals surface area contributed by atoms with E-state index in [1.165, 1.54) is 0 Å². The molecule has 1 aliphatic rings. The van der Waals surface area contributed by atoms with E-state index in [1.54, 1.807) is 18.2 Å². The van der Waals surface area contributed by atoms with Crippen LogP contribution in [0.4, 0.5) is 24.5 Å². The number of nitrogens with one attached hydrogen (secondary N) is 1. The lowest BCUT2D eigenvalue weighted by Crippen LogP contribution is -2.39. The largest absolute Gasteiger partial charge is 0.398 e. The molecule has 5 N–H and O–H groups in total. The van der Waals surface area contributed by atoms with E-state index >= 15 is 0 Å². The van der Waals surface area contributed by atoms with Gasteiger partial charge in [-0.3, -0.25) is 10.2 Å². The van der Waals surface area contributed by atoms with Gasteiger partial charge in [0.2, 0.25) is 0 Å². The standard InChI is InChI=1S/C13H17F3N4O/c14-13(15,16)8-3-5-20(6-4-8)9-1-2-11(17)10(7-9)12(21)19-18/h1-2,7-8H,3-6,17-18H2,(H,19,21). The number of benzene rings is 1. The Bertz CT molecular complexity index is 525. The first kappa shape index (κ1) is 15.4. The highest BCUT2D eigenvalue weighted by atomic mass is 19.4. The molecule has 1 amide bonds. The highest BCUT2D eigenvalue weighted by Crippen LogP contribution is 2.35. The van der Waals surface area contributed by atoms with Crippen molar-refractivity contribution in [2.75, 3.05) is 23.7 Å². The van der Waals surface area contributed by atoms with Crippen molar-refractivity contribution in [1.29, 1.82) is 0 Å². The van der Waals surface area contributed by atoms with Gasteiger partial charge in [-0.1, -0.05) is 0 Å². The normalized spacial score (nSPS) is 16.9. The van der Waals surface area contributed by atoms with Gasteiger partial charge in [-0.2, -0.15) is 13.2 Å². The van der Waals surface area contributed by atoms with E-state index in [4.69, 9.17) is 11.6 Å². The van der Waals surface area contributed by atoms with Gasteiger partial charge < -0.3 is 10.6 Å². The average molecular weight is 302 g/mol. The zero-order valence-electron chi connectivity index (χ0n) is 11.3. The van der Waals surface area contributed by atoms with Crippen LogP contribution in [0.5, 0.6) is 0 Å². The van der Waals surface area contributed by atoms with Gasteiger partial charge in [0, 0.05) is 24.5 Å². The fraction of sp³-hybridized carbons (Fsp3) is 0.462. The molecule has 0 unspecified atom stereocenters. The summed E-state index contributed by atoms with van der Waals surface area (Å²) in [6.45, 7) is 0.579. The van der Waals surface area contributed by atoms with Crippen molar-refractivity contribution in [1.82, 2.24) is 5.43 Å². The molecule has 2 rings (SSSR count). The summed E-state index contributed by atoms with van der Waals surface area (Å²) in [5.41, 5.74) is 8.84. The molecule has 0 aliphatic carbocycles. The quantitative estimate of drug-likeness (QED) is 0.336. The van der Waals surface area contributed by atoms with Gasteiger partial charge in [0.05, 0.1) is 11.5 Å². The van der Waals surface area contributed by atoms with Crippen LogP contribution >= 0.6 is 0 Å². The molecular formula is C13H17F3N4O. The Balaban J connectivity index is 2.12. The molecule has 0 radical (unpaired) electrons. The first-order valence-corrected chi connectivity index (χ1v) is 6.55. The third-order valence-corrected chi connectivity index (χ3v) is 3.74. The molecule has 1 aliphatic heterocycles. The highest BCUT2D eigenvalue weighted by Gasteiger charge is 2.41. The Morgan fingerprint density at radius 1 is 1.29 bits per heavy atom. The number of piperidine rings is 1. The average Bonchev–Trinajstić information content (AvgIpc) is 2.46. The first-order valence-electron chi connectivity index (χ1n) is 6.55. The lowest BCUT2D eigenvalue weighted by atomic mass is 9.95. The molecule has 1 aromatic carbocycles. The van der Waals surface area contributed by atoms with Crippen LogP contribution in [0.2, 0.25) is 0 Å². The number of carbonyl (C=O) groups is 1. The van der Waals surface area contributed by atoms with Crippen molar-refractivity contribution in [2.45, 2.75) is 19.0 Å². The molecule has 1 fully saturated rings. The molecule has 1 heterocycles. The van der Waals surface area contributed by atoms with Crippen molar-refractivity contribution in [3.05, 3.63) is 23.8 Å². The van der Waals surface area contributed by atoms with Crippen LogP contribution < -0.4 is 21.9 Å². The number of amides is 1. The van der Waals surface area contributed by atoms with E-state index in [0.717, 1.165) is 0 Å². The van der Waals surface area contributed by atoms with Gasteiger partial charge >= 0.3 is 6.18 Å². The SMILES string of the molecule is NNC(=O)c1cc(N2CCC(C(F)(F)F)CC2)ccc1N. The van der Waals surface area contributed by atoms with Gasteiger partial charge in [0.15, 0.2) is 0 Å². The Kier molecular flexibility index (Phi) is 4.26. The molecule has 0 spiro atoms. The minimum absolute atomic E-state index is 0.0479. The smallest absolute Gasteiger partial charge is 0.391 e. The number of carbonyl (C=O) groups excluding carboxylic acids is 1. The second-order valence-electron chi connectivity index (χ2n) is 5.05. The van der Waals surface area contributed by atoms with E-state index in [2.05, 4.69) is 0 Å². The molecule has 1 saturated heterocycles. The number of nitrogen functional groups attached to an aromatic ring is 2. The van der Waals surface area contributed by atoms with Gasteiger partial charge in [-0.15, -0.1) is 0 Å². The number of halogens is 3. The second kappa shape index (κ2) is 5.80. The van der Waals surface area contributed by atoms with Crippen LogP contribution in [0.3, 0.4) is 0 Å². The summed E-state index contributed by atoms with van der Waals surface area (Å²) in [4.78, 5) is 13.4. The molecular weight excluding hydrogens is 285 g/mol. The van der Waals surface area contributed by atoms with Gasteiger partial charge in [0.1, 0.15) is 0 Å². The van der Waals surface area contributed by atoms with Crippen LogP contribution in [-0.4, -0.2) is 25.2 Å². The fourth-order valence-electron chi connectivity index (χ4n) is 2.48. The van der Waals surface area contributed by atoms with Crippen molar-refractivity contribution < 1.29 is 18.0 Å². The molecule has 0 bridgehead atoms. The fourth-order valence-corrected chi connectivity index (χ4v) is 2.48. The number of hydrogen-bond donors (Lipinski definition) is 3. The maximum absolute atomic E-state index is 12.6. The van der Waals surface area contributed by atoms with Crippen molar-refractivity contribution in [2.24, 2.45) is 11.8 Å². The minimum Gasteiger partial charge on any atom is -0.398 e. The van der Waals surface area contributed by atoms with Gasteiger partial charge in [-0.05, 0) is 31.0 Å². The molecule has 5 nitrogen and oxygen atoms in total. The molecule has 0 aromatic heterocycles. The van der Waals surface area contributed by atoms with Crippen LogP contribution in [0, 0.1) is 5.92 Å². The number of nitrogens with two attached hydrogens (primary N) is 2. The first-order chi connectivity index (χ1) is 9.82. The number of nitrogens with zero attached hydrogens (tertiary/aromatic N) is 1. The summed E-state index contributed by atoms with van der Waals surface area (Å²) in [6, 6.07) is 4.79. The lowest BCUT2D eigenvalue weighted by Gasteiger charge is -2.34. The Hall–Kier alpha value is -1.96. The molecule has 8 heteroatoms. The number of hydrazine groups is 1. The number of anilines is 2.